The summed E-state index contributed by atoms with van der Waals surface area (Å²) >= 11 is 1.61. The standard InChI is InChI=1S/C10H9NO2S/c1-6-11(2)8-4-3-7(10(12)13)5-9(8)14-6/h3-5H,1-2H3/p+1. The Morgan fingerprint density at radius 2 is 2.21 bits per heavy atom. The maximum absolute atomic E-state index is 10.7. The minimum Gasteiger partial charge on any atom is -0.478 e. The van der Waals surface area contributed by atoms with Gasteiger partial charge in [-0.15, -0.1) is 0 Å². The third kappa shape index (κ3) is 1.28. The maximum Gasteiger partial charge on any atom is 0.335 e. The number of hydrogen-bond acceptors (Lipinski definition) is 2. The van der Waals surface area contributed by atoms with E-state index < -0.39 is 5.97 Å². The molecule has 0 spiro atoms. The molecule has 3 nitrogen and oxygen atoms in total. The Labute approximate surface area is 85.2 Å². The molecule has 1 heterocycles. The Morgan fingerprint density at radius 1 is 1.50 bits per heavy atom. The number of carbonyl (C=O) groups is 1. The number of thiazole rings is 1. The van der Waals surface area contributed by atoms with Crippen LogP contribution in [0.4, 0.5) is 0 Å². The van der Waals surface area contributed by atoms with E-state index >= 15 is 0 Å². The summed E-state index contributed by atoms with van der Waals surface area (Å²) in [5.41, 5.74) is 1.43. The Morgan fingerprint density at radius 3 is 2.86 bits per heavy atom. The molecule has 0 aliphatic heterocycles. The topological polar surface area (TPSA) is 41.2 Å². The van der Waals surface area contributed by atoms with E-state index in [4.69, 9.17) is 5.11 Å². The molecule has 1 aromatic heterocycles. The van der Waals surface area contributed by atoms with E-state index in [9.17, 15) is 4.79 Å². The molecule has 4 heteroatoms. The van der Waals surface area contributed by atoms with Crippen LogP contribution in [-0.2, 0) is 7.05 Å². The zero-order valence-corrected chi connectivity index (χ0v) is 8.76. The van der Waals surface area contributed by atoms with Crippen LogP contribution in [0.25, 0.3) is 10.2 Å². The highest BCUT2D eigenvalue weighted by Gasteiger charge is 2.14. The van der Waals surface area contributed by atoms with Crippen molar-refractivity contribution in [1.29, 1.82) is 0 Å². The van der Waals surface area contributed by atoms with Crippen LogP contribution < -0.4 is 4.57 Å². The summed E-state index contributed by atoms with van der Waals surface area (Å²) in [5, 5.41) is 9.99. The predicted molar refractivity (Wildman–Crippen MR) is 54.7 cm³/mol. The van der Waals surface area contributed by atoms with Gasteiger partial charge in [0.15, 0.2) is 0 Å². The second-order valence-electron chi connectivity index (χ2n) is 3.17. The van der Waals surface area contributed by atoms with E-state index in [2.05, 4.69) is 4.57 Å². The molecule has 0 bridgehead atoms. The number of carboxylic acids is 1. The van der Waals surface area contributed by atoms with Crippen LogP contribution in [0.5, 0.6) is 0 Å². The van der Waals surface area contributed by atoms with Crippen LogP contribution in [0.2, 0.25) is 0 Å². The van der Waals surface area contributed by atoms with Crippen LogP contribution >= 0.6 is 11.3 Å². The minimum absolute atomic E-state index is 0.347. The zero-order chi connectivity index (χ0) is 10.3. The fourth-order valence-corrected chi connectivity index (χ4v) is 2.45. The molecule has 1 aromatic carbocycles. The van der Waals surface area contributed by atoms with Gasteiger partial charge in [0.1, 0.15) is 11.7 Å². The zero-order valence-electron chi connectivity index (χ0n) is 7.94. The van der Waals surface area contributed by atoms with Gasteiger partial charge in [-0.3, -0.25) is 0 Å². The molecule has 2 aromatic rings. The number of hydrogen-bond donors (Lipinski definition) is 1. The first kappa shape index (κ1) is 9.15. The van der Waals surface area contributed by atoms with Crippen LogP contribution in [0, 0.1) is 6.92 Å². The molecule has 0 radical (unpaired) electrons. The third-order valence-electron chi connectivity index (χ3n) is 2.30. The minimum atomic E-state index is -0.874. The highest BCUT2D eigenvalue weighted by molar-refractivity contribution is 7.18. The average Bonchev–Trinajstić information content (AvgIpc) is 2.42. The fraction of sp³-hybridized carbons (Fsp3) is 0.200. The molecule has 0 saturated carbocycles. The monoisotopic (exact) mass is 208 g/mol. The van der Waals surface area contributed by atoms with Crippen molar-refractivity contribution in [1.82, 2.24) is 0 Å². The summed E-state index contributed by atoms with van der Waals surface area (Å²) in [4.78, 5) is 10.7. The lowest BCUT2D eigenvalue weighted by Gasteiger charge is -1.91. The van der Waals surface area contributed by atoms with Crippen LogP contribution in [0.1, 0.15) is 15.4 Å². The second-order valence-corrected chi connectivity index (χ2v) is 4.40. The first-order valence-electron chi connectivity index (χ1n) is 4.22. The van der Waals surface area contributed by atoms with Gasteiger partial charge in [0.2, 0.25) is 10.5 Å². The summed E-state index contributed by atoms with van der Waals surface area (Å²) in [6.07, 6.45) is 0. The summed E-state index contributed by atoms with van der Waals surface area (Å²) in [5.74, 6) is -0.874. The molecule has 72 valence electrons. The smallest absolute Gasteiger partial charge is 0.335 e. The molecular weight excluding hydrogens is 198 g/mol. The number of aromatic carboxylic acids is 1. The molecule has 14 heavy (non-hydrogen) atoms. The van der Waals surface area contributed by atoms with Crippen molar-refractivity contribution in [3.63, 3.8) is 0 Å². The molecule has 0 atom stereocenters. The van der Waals surface area contributed by atoms with Crippen LogP contribution in [0.3, 0.4) is 0 Å². The predicted octanol–water partition coefficient (Wildman–Crippen LogP) is 1.73. The Balaban J connectivity index is 2.73. The van der Waals surface area contributed by atoms with Gasteiger partial charge in [-0.25, -0.2) is 4.79 Å². The van der Waals surface area contributed by atoms with E-state index in [1.165, 1.54) is 5.01 Å². The van der Waals surface area contributed by atoms with E-state index in [1.807, 2.05) is 20.0 Å². The first-order valence-corrected chi connectivity index (χ1v) is 5.03. The van der Waals surface area contributed by atoms with Crippen molar-refractivity contribution >= 4 is 27.5 Å². The van der Waals surface area contributed by atoms with Crippen molar-refractivity contribution in [2.75, 3.05) is 0 Å². The molecule has 2 rings (SSSR count). The van der Waals surface area contributed by atoms with Gasteiger partial charge >= 0.3 is 5.97 Å². The lowest BCUT2D eigenvalue weighted by atomic mass is 10.2. The Kier molecular flexibility index (Phi) is 2.00. The van der Waals surface area contributed by atoms with Gasteiger partial charge < -0.3 is 5.11 Å². The van der Waals surface area contributed by atoms with Crippen molar-refractivity contribution in [3.8, 4) is 0 Å². The number of benzene rings is 1. The Bertz CT molecular complexity index is 516. The number of fused-ring (bicyclic) bond motifs is 1. The SMILES string of the molecule is Cc1sc2cc(C(=O)O)ccc2[n+]1C. The van der Waals surface area contributed by atoms with E-state index in [0.29, 0.717) is 5.56 Å². The summed E-state index contributed by atoms with van der Waals surface area (Å²) in [6.45, 7) is 2.02. The van der Waals surface area contributed by atoms with E-state index in [1.54, 1.807) is 23.5 Å². The van der Waals surface area contributed by atoms with Crippen molar-refractivity contribution in [2.24, 2.45) is 7.05 Å². The molecule has 0 aliphatic rings. The van der Waals surface area contributed by atoms with Gasteiger partial charge in [0.25, 0.3) is 0 Å². The molecule has 0 fully saturated rings. The van der Waals surface area contributed by atoms with Gasteiger partial charge in [0, 0.05) is 13.0 Å². The number of aryl methyl sites for hydroxylation is 2. The van der Waals surface area contributed by atoms with E-state index in [0.717, 1.165) is 10.2 Å². The van der Waals surface area contributed by atoms with Gasteiger partial charge in [0.05, 0.1) is 5.56 Å². The second kappa shape index (κ2) is 3.06. The average molecular weight is 208 g/mol. The molecule has 0 aliphatic carbocycles. The quantitative estimate of drug-likeness (QED) is 0.725. The normalized spacial score (nSPS) is 10.7. The number of aromatic nitrogens is 1. The molecule has 0 amide bonds. The lowest BCUT2D eigenvalue weighted by molar-refractivity contribution is -0.646. The van der Waals surface area contributed by atoms with Gasteiger partial charge in [-0.1, -0.05) is 11.3 Å². The Hall–Kier alpha value is -1.42. The lowest BCUT2D eigenvalue weighted by Crippen LogP contribution is -2.28. The van der Waals surface area contributed by atoms with Crippen molar-refractivity contribution < 1.29 is 14.5 Å². The number of nitrogens with zero attached hydrogens (tertiary/aromatic N) is 1. The molecular formula is C10H10NO2S+. The van der Waals surface area contributed by atoms with Gasteiger partial charge in [-0.05, 0) is 12.1 Å². The molecule has 0 saturated heterocycles. The highest BCUT2D eigenvalue weighted by Crippen LogP contribution is 2.20. The van der Waals surface area contributed by atoms with E-state index in [-0.39, 0.29) is 0 Å². The van der Waals surface area contributed by atoms with Crippen LogP contribution in [0.15, 0.2) is 18.2 Å². The fourth-order valence-electron chi connectivity index (χ4n) is 1.40. The van der Waals surface area contributed by atoms with Crippen molar-refractivity contribution in [3.05, 3.63) is 28.8 Å². The highest BCUT2D eigenvalue weighted by atomic mass is 32.1. The summed E-state index contributed by atoms with van der Waals surface area (Å²) in [7, 11) is 1.98. The maximum atomic E-state index is 10.7. The molecule has 0 unspecified atom stereocenters. The summed E-state index contributed by atoms with van der Waals surface area (Å²) in [6, 6.07) is 5.20. The largest absolute Gasteiger partial charge is 0.478 e. The number of rotatable bonds is 1. The first-order chi connectivity index (χ1) is 6.59. The van der Waals surface area contributed by atoms with Crippen molar-refractivity contribution in [2.45, 2.75) is 6.92 Å². The summed E-state index contributed by atoms with van der Waals surface area (Å²) < 4.78 is 3.08. The van der Waals surface area contributed by atoms with Gasteiger partial charge in [-0.2, -0.15) is 4.57 Å². The molecule has 1 N–H and O–H groups in total. The van der Waals surface area contributed by atoms with Crippen LogP contribution in [-0.4, -0.2) is 11.1 Å². The number of carboxylic acid groups (broad SMARTS) is 1. The third-order valence-corrected chi connectivity index (χ3v) is 3.41.